The maximum atomic E-state index is 5.98. The quantitative estimate of drug-likeness (QED) is 0.871. The number of hydrogen-bond donors (Lipinski definition) is 1. The molecule has 1 heterocycles. The Hall–Kier alpha value is -0.770. The van der Waals surface area contributed by atoms with Gasteiger partial charge in [-0.25, -0.2) is 0 Å². The average molecular weight is 298 g/mol. The van der Waals surface area contributed by atoms with Crippen LogP contribution in [0, 0.1) is 6.92 Å². The van der Waals surface area contributed by atoms with Gasteiger partial charge in [-0.2, -0.15) is 0 Å². The molecule has 2 atom stereocenters. The van der Waals surface area contributed by atoms with Gasteiger partial charge in [-0.3, -0.25) is 0 Å². The van der Waals surface area contributed by atoms with Crippen molar-refractivity contribution in [2.75, 3.05) is 13.2 Å². The van der Waals surface area contributed by atoms with Crippen LogP contribution in [0.1, 0.15) is 32.3 Å². The fraction of sp³-hybridized carbons (Fsp3) is 0.625. The van der Waals surface area contributed by atoms with Gasteiger partial charge in [0.05, 0.1) is 12.2 Å². The molecule has 0 amide bonds. The van der Waals surface area contributed by atoms with E-state index < -0.39 is 0 Å². The third-order valence-corrected chi connectivity index (χ3v) is 3.75. The summed E-state index contributed by atoms with van der Waals surface area (Å²) in [6.45, 7) is 7.85. The maximum Gasteiger partial charge on any atom is 0.122 e. The molecule has 20 heavy (non-hydrogen) atoms. The van der Waals surface area contributed by atoms with Gasteiger partial charge >= 0.3 is 0 Å². The highest BCUT2D eigenvalue weighted by Gasteiger charge is 2.25. The second-order valence-corrected chi connectivity index (χ2v) is 6.18. The minimum Gasteiger partial charge on any atom is -0.491 e. The largest absolute Gasteiger partial charge is 0.491 e. The third kappa shape index (κ3) is 4.65. The van der Waals surface area contributed by atoms with Crippen molar-refractivity contribution in [3.63, 3.8) is 0 Å². The topological polar surface area (TPSA) is 30.5 Å². The molecule has 2 rings (SSSR count). The molecule has 3 nitrogen and oxygen atoms in total. The molecule has 0 aromatic heterocycles. The van der Waals surface area contributed by atoms with Crippen LogP contribution in [0.3, 0.4) is 0 Å². The molecule has 1 saturated heterocycles. The third-order valence-electron chi connectivity index (χ3n) is 3.51. The van der Waals surface area contributed by atoms with E-state index in [0.29, 0.717) is 18.8 Å². The standard InChI is InChI=1S/C16H24ClNO2/c1-11(2)18-9-14-5-6-15(20-14)10-19-16-7-4-13(17)8-12(16)3/h4,7-8,11,14-15,18H,5-6,9-10H2,1-3H3. The fourth-order valence-corrected chi connectivity index (χ4v) is 2.60. The van der Waals surface area contributed by atoms with Crippen LogP contribution in [-0.2, 0) is 4.74 Å². The van der Waals surface area contributed by atoms with Crippen LogP contribution in [0.15, 0.2) is 18.2 Å². The summed E-state index contributed by atoms with van der Waals surface area (Å²) in [6.07, 6.45) is 2.69. The summed E-state index contributed by atoms with van der Waals surface area (Å²) >= 11 is 5.94. The van der Waals surface area contributed by atoms with Crippen molar-refractivity contribution in [1.82, 2.24) is 5.32 Å². The summed E-state index contributed by atoms with van der Waals surface area (Å²) in [7, 11) is 0. The van der Waals surface area contributed by atoms with Crippen LogP contribution in [0.25, 0.3) is 0 Å². The van der Waals surface area contributed by atoms with Crippen LogP contribution in [0.4, 0.5) is 0 Å². The van der Waals surface area contributed by atoms with E-state index in [0.717, 1.165) is 35.7 Å². The molecule has 0 radical (unpaired) electrons. The zero-order valence-corrected chi connectivity index (χ0v) is 13.2. The van der Waals surface area contributed by atoms with Gasteiger partial charge in [0.15, 0.2) is 0 Å². The highest BCUT2D eigenvalue weighted by molar-refractivity contribution is 6.30. The molecule has 1 N–H and O–H groups in total. The zero-order valence-electron chi connectivity index (χ0n) is 12.5. The SMILES string of the molecule is Cc1cc(Cl)ccc1OCC1CCC(CNC(C)C)O1. The van der Waals surface area contributed by atoms with E-state index in [1.54, 1.807) is 0 Å². The molecular formula is C16H24ClNO2. The predicted molar refractivity (Wildman–Crippen MR) is 82.7 cm³/mol. The number of ether oxygens (including phenoxy) is 2. The van der Waals surface area contributed by atoms with Gasteiger partial charge < -0.3 is 14.8 Å². The molecule has 1 aliphatic heterocycles. The highest BCUT2D eigenvalue weighted by Crippen LogP contribution is 2.24. The number of halogens is 1. The lowest BCUT2D eigenvalue weighted by atomic mass is 10.2. The van der Waals surface area contributed by atoms with E-state index in [4.69, 9.17) is 21.1 Å². The lowest BCUT2D eigenvalue weighted by molar-refractivity contribution is 0.0177. The molecule has 1 aliphatic rings. The molecule has 1 aromatic rings. The van der Waals surface area contributed by atoms with Gasteiger partial charge in [0, 0.05) is 17.6 Å². The molecule has 0 aliphatic carbocycles. The van der Waals surface area contributed by atoms with Crippen LogP contribution in [0.5, 0.6) is 5.75 Å². The molecular weight excluding hydrogens is 274 g/mol. The van der Waals surface area contributed by atoms with Crippen molar-refractivity contribution in [1.29, 1.82) is 0 Å². The number of aryl methyl sites for hydroxylation is 1. The molecule has 2 unspecified atom stereocenters. The van der Waals surface area contributed by atoms with Gasteiger partial charge in [-0.15, -0.1) is 0 Å². The van der Waals surface area contributed by atoms with Gasteiger partial charge in [0.2, 0.25) is 0 Å². The Bertz CT molecular complexity index is 436. The average Bonchev–Trinajstić information content (AvgIpc) is 2.83. The Morgan fingerprint density at radius 2 is 2.10 bits per heavy atom. The fourth-order valence-electron chi connectivity index (χ4n) is 2.38. The van der Waals surface area contributed by atoms with Crippen molar-refractivity contribution in [3.8, 4) is 5.75 Å². The van der Waals surface area contributed by atoms with Crippen LogP contribution < -0.4 is 10.1 Å². The van der Waals surface area contributed by atoms with E-state index in [-0.39, 0.29) is 6.10 Å². The number of nitrogens with one attached hydrogen (secondary N) is 1. The number of hydrogen-bond acceptors (Lipinski definition) is 3. The van der Waals surface area contributed by atoms with Gasteiger partial charge in [-0.1, -0.05) is 25.4 Å². The second kappa shape index (κ2) is 7.30. The van der Waals surface area contributed by atoms with E-state index in [9.17, 15) is 0 Å². The van der Waals surface area contributed by atoms with Crippen molar-refractivity contribution in [2.45, 2.75) is 51.9 Å². The zero-order chi connectivity index (χ0) is 14.5. The van der Waals surface area contributed by atoms with E-state index in [1.165, 1.54) is 0 Å². The summed E-state index contributed by atoms with van der Waals surface area (Å²) in [5.41, 5.74) is 1.06. The Morgan fingerprint density at radius 1 is 1.35 bits per heavy atom. The second-order valence-electron chi connectivity index (χ2n) is 5.74. The van der Waals surface area contributed by atoms with Crippen LogP contribution >= 0.6 is 11.6 Å². The lowest BCUT2D eigenvalue weighted by Gasteiger charge is -2.17. The summed E-state index contributed by atoms with van der Waals surface area (Å²) in [6, 6.07) is 6.20. The Balaban J connectivity index is 1.75. The normalized spacial score (nSPS) is 22.4. The first-order valence-electron chi connectivity index (χ1n) is 7.32. The minimum absolute atomic E-state index is 0.198. The van der Waals surface area contributed by atoms with E-state index in [2.05, 4.69) is 19.2 Å². The highest BCUT2D eigenvalue weighted by atomic mass is 35.5. The molecule has 0 spiro atoms. The molecule has 1 aromatic carbocycles. The summed E-state index contributed by atoms with van der Waals surface area (Å²) in [5, 5.41) is 4.16. The molecule has 0 saturated carbocycles. The predicted octanol–water partition coefficient (Wildman–Crippen LogP) is 3.57. The lowest BCUT2D eigenvalue weighted by Crippen LogP contribution is -2.32. The monoisotopic (exact) mass is 297 g/mol. The van der Waals surface area contributed by atoms with Gasteiger partial charge in [0.1, 0.15) is 12.4 Å². The minimum atomic E-state index is 0.198. The van der Waals surface area contributed by atoms with Crippen LogP contribution in [0.2, 0.25) is 5.02 Å². The van der Waals surface area contributed by atoms with Crippen molar-refractivity contribution < 1.29 is 9.47 Å². The summed E-state index contributed by atoms with van der Waals surface area (Å²) in [5.74, 6) is 0.891. The van der Waals surface area contributed by atoms with E-state index in [1.807, 2.05) is 25.1 Å². The van der Waals surface area contributed by atoms with Gasteiger partial charge in [0.25, 0.3) is 0 Å². The Morgan fingerprint density at radius 3 is 2.80 bits per heavy atom. The number of rotatable bonds is 6. The molecule has 4 heteroatoms. The van der Waals surface area contributed by atoms with Crippen LogP contribution in [-0.4, -0.2) is 31.4 Å². The number of benzene rings is 1. The van der Waals surface area contributed by atoms with E-state index >= 15 is 0 Å². The first-order chi connectivity index (χ1) is 9.54. The van der Waals surface area contributed by atoms with Crippen molar-refractivity contribution in [2.24, 2.45) is 0 Å². The van der Waals surface area contributed by atoms with Gasteiger partial charge in [-0.05, 0) is 43.5 Å². The molecule has 0 bridgehead atoms. The first-order valence-corrected chi connectivity index (χ1v) is 7.70. The Kier molecular flexibility index (Phi) is 5.70. The molecule has 1 fully saturated rings. The maximum absolute atomic E-state index is 5.98. The van der Waals surface area contributed by atoms with Crippen molar-refractivity contribution in [3.05, 3.63) is 28.8 Å². The first kappa shape index (κ1) is 15.6. The summed E-state index contributed by atoms with van der Waals surface area (Å²) < 4.78 is 11.8. The summed E-state index contributed by atoms with van der Waals surface area (Å²) in [4.78, 5) is 0. The smallest absolute Gasteiger partial charge is 0.122 e. The van der Waals surface area contributed by atoms with Crippen molar-refractivity contribution >= 4 is 11.6 Å². The Labute approximate surface area is 126 Å². The molecule has 112 valence electrons.